The summed E-state index contributed by atoms with van der Waals surface area (Å²) in [6.45, 7) is 3.11. The van der Waals surface area contributed by atoms with E-state index in [9.17, 15) is 0 Å². The van der Waals surface area contributed by atoms with Crippen LogP contribution in [0.1, 0.15) is 18.9 Å². The molecule has 3 rings (SSSR count). The first-order chi connectivity index (χ1) is 9.29. The Kier molecular flexibility index (Phi) is 3.87. The van der Waals surface area contributed by atoms with Crippen LogP contribution in [0.15, 0.2) is 29.6 Å². The number of benzene rings is 1. The zero-order chi connectivity index (χ0) is 13.2. The average Bonchev–Trinajstić information content (AvgIpc) is 3.03. The van der Waals surface area contributed by atoms with E-state index in [2.05, 4.69) is 48.9 Å². The number of nitrogens with one attached hydrogen (secondary N) is 1. The number of thiophene rings is 1. The van der Waals surface area contributed by atoms with E-state index in [0.717, 1.165) is 13.0 Å². The van der Waals surface area contributed by atoms with Crippen molar-refractivity contribution < 1.29 is 4.74 Å². The third kappa shape index (κ3) is 2.55. The topological polar surface area (TPSA) is 21.3 Å². The van der Waals surface area contributed by atoms with E-state index in [1.807, 2.05) is 11.3 Å². The van der Waals surface area contributed by atoms with Gasteiger partial charge in [0.05, 0.1) is 6.10 Å². The maximum atomic E-state index is 5.72. The zero-order valence-corrected chi connectivity index (χ0v) is 12.4. The molecule has 0 saturated carbocycles. The second kappa shape index (κ2) is 5.61. The second-order valence-electron chi connectivity index (χ2n) is 5.38. The van der Waals surface area contributed by atoms with Crippen LogP contribution in [0.2, 0.25) is 0 Å². The van der Waals surface area contributed by atoms with E-state index < -0.39 is 0 Å². The highest BCUT2D eigenvalue weighted by Crippen LogP contribution is 2.30. The predicted molar refractivity (Wildman–Crippen MR) is 81.9 cm³/mol. The van der Waals surface area contributed by atoms with Gasteiger partial charge in [0.15, 0.2) is 0 Å². The van der Waals surface area contributed by atoms with Gasteiger partial charge in [-0.05, 0) is 49.2 Å². The normalized spacial score (nSPS) is 24.9. The van der Waals surface area contributed by atoms with Crippen LogP contribution in [-0.2, 0) is 11.2 Å². The molecule has 0 amide bonds. The van der Waals surface area contributed by atoms with Gasteiger partial charge in [-0.15, -0.1) is 11.3 Å². The number of hydrogen-bond donors (Lipinski definition) is 1. The van der Waals surface area contributed by atoms with Crippen molar-refractivity contribution in [3.63, 3.8) is 0 Å². The van der Waals surface area contributed by atoms with Gasteiger partial charge in [0.25, 0.3) is 0 Å². The maximum absolute atomic E-state index is 5.72. The zero-order valence-electron chi connectivity index (χ0n) is 11.6. The Morgan fingerprint density at radius 2 is 2.26 bits per heavy atom. The van der Waals surface area contributed by atoms with Gasteiger partial charge in [-0.1, -0.05) is 18.2 Å². The summed E-state index contributed by atoms with van der Waals surface area (Å²) >= 11 is 1.85. The number of fused-ring (bicyclic) bond motifs is 1. The van der Waals surface area contributed by atoms with Gasteiger partial charge in [0.1, 0.15) is 0 Å². The van der Waals surface area contributed by atoms with Crippen LogP contribution in [0.3, 0.4) is 0 Å². The lowest BCUT2D eigenvalue weighted by molar-refractivity contribution is 0.0963. The molecule has 1 aliphatic rings. The lowest BCUT2D eigenvalue weighted by Gasteiger charge is -2.25. The van der Waals surface area contributed by atoms with Gasteiger partial charge in [0.2, 0.25) is 0 Å². The Morgan fingerprint density at radius 1 is 1.42 bits per heavy atom. The Hall–Kier alpha value is -0.900. The highest BCUT2D eigenvalue weighted by Gasteiger charge is 2.31. The third-order valence-electron chi connectivity index (χ3n) is 4.32. The molecule has 1 aromatic carbocycles. The Bertz CT molecular complexity index is 550. The van der Waals surface area contributed by atoms with Crippen molar-refractivity contribution in [1.82, 2.24) is 5.32 Å². The molecule has 0 aliphatic carbocycles. The highest BCUT2D eigenvalue weighted by atomic mass is 32.1. The Morgan fingerprint density at radius 3 is 3.00 bits per heavy atom. The lowest BCUT2D eigenvalue weighted by Crippen LogP contribution is -2.38. The predicted octanol–water partition coefficient (Wildman–Crippen LogP) is 3.46. The fraction of sp³-hybridized carbons (Fsp3) is 0.500. The van der Waals surface area contributed by atoms with Crippen molar-refractivity contribution in [1.29, 1.82) is 0 Å². The molecule has 3 heteroatoms. The second-order valence-corrected chi connectivity index (χ2v) is 6.30. The first kappa shape index (κ1) is 13.1. The molecule has 0 radical (unpaired) electrons. The standard InChI is InChI=1S/C16H21NOS/c1-11-13(7-8-18-11)15(17-2)9-12-10-19-16-6-4-3-5-14(12)16/h3-6,10-11,13,15,17H,7-9H2,1-2H3. The Balaban J connectivity index is 1.82. The van der Waals surface area contributed by atoms with E-state index in [1.54, 1.807) is 0 Å². The summed E-state index contributed by atoms with van der Waals surface area (Å²) in [4.78, 5) is 0. The molecule has 1 fully saturated rings. The largest absolute Gasteiger partial charge is 0.378 e. The SMILES string of the molecule is CNC(Cc1csc2ccccc12)C1CCOC1C. The summed E-state index contributed by atoms with van der Waals surface area (Å²) < 4.78 is 7.11. The number of ether oxygens (including phenoxy) is 1. The van der Waals surface area contributed by atoms with Crippen LogP contribution in [0.25, 0.3) is 10.1 Å². The summed E-state index contributed by atoms with van der Waals surface area (Å²) in [5.74, 6) is 0.628. The van der Waals surface area contributed by atoms with Crippen molar-refractivity contribution in [3.05, 3.63) is 35.2 Å². The lowest BCUT2D eigenvalue weighted by atomic mass is 9.89. The maximum Gasteiger partial charge on any atom is 0.0590 e. The molecule has 1 N–H and O–H groups in total. The minimum Gasteiger partial charge on any atom is -0.378 e. The summed E-state index contributed by atoms with van der Waals surface area (Å²) in [5, 5.41) is 7.23. The first-order valence-corrected chi connectivity index (χ1v) is 7.91. The molecular formula is C16H21NOS. The fourth-order valence-electron chi connectivity index (χ4n) is 3.17. The molecule has 1 aromatic heterocycles. The van der Waals surface area contributed by atoms with Crippen LogP contribution < -0.4 is 5.32 Å². The van der Waals surface area contributed by atoms with Crippen molar-refractivity contribution in [2.24, 2.45) is 5.92 Å². The molecule has 102 valence electrons. The molecule has 3 atom stereocenters. The third-order valence-corrected chi connectivity index (χ3v) is 5.34. The van der Waals surface area contributed by atoms with Crippen LogP contribution in [-0.4, -0.2) is 25.8 Å². The molecule has 1 saturated heterocycles. The number of hydrogen-bond acceptors (Lipinski definition) is 3. The van der Waals surface area contributed by atoms with Gasteiger partial charge in [-0.3, -0.25) is 0 Å². The molecule has 2 heterocycles. The van der Waals surface area contributed by atoms with Gasteiger partial charge >= 0.3 is 0 Å². The molecule has 0 spiro atoms. The fourth-order valence-corrected chi connectivity index (χ4v) is 4.15. The first-order valence-electron chi connectivity index (χ1n) is 7.03. The molecule has 2 nitrogen and oxygen atoms in total. The minimum atomic E-state index is 0.377. The average molecular weight is 275 g/mol. The van der Waals surface area contributed by atoms with Gasteiger partial charge in [-0.2, -0.15) is 0 Å². The molecule has 1 aliphatic heterocycles. The van der Waals surface area contributed by atoms with Crippen LogP contribution >= 0.6 is 11.3 Å². The molecular weight excluding hydrogens is 254 g/mol. The number of rotatable bonds is 4. The molecule has 3 unspecified atom stereocenters. The summed E-state index contributed by atoms with van der Waals surface area (Å²) in [7, 11) is 2.07. The van der Waals surface area contributed by atoms with Crippen LogP contribution in [0.4, 0.5) is 0 Å². The van der Waals surface area contributed by atoms with Gasteiger partial charge in [0, 0.05) is 23.3 Å². The van der Waals surface area contributed by atoms with Crippen molar-refractivity contribution >= 4 is 21.4 Å². The van der Waals surface area contributed by atoms with Gasteiger partial charge < -0.3 is 10.1 Å². The van der Waals surface area contributed by atoms with E-state index >= 15 is 0 Å². The Labute approximate surface area is 118 Å². The van der Waals surface area contributed by atoms with E-state index in [1.165, 1.54) is 22.1 Å². The summed E-state index contributed by atoms with van der Waals surface area (Å²) in [5.41, 5.74) is 1.47. The van der Waals surface area contributed by atoms with Gasteiger partial charge in [-0.25, -0.2) is 0 Å². The van der Waals surface area contributed by atoms with Crippen molar-refractivity contribution in [3.8, 4) is 0 Å². The smallest absolute Gasteiger partial charge is 0.0590 e. The van der Waals surface area contributed by atoms with E-state index in [4.69, 9.17) is 4.74 Å². The van der Waals surface area contributed by atoms with Crippen molar-refractivity contribution in [2.75, 3.05) is 13.7 Å². The summed E-state index contributed by atoms with van der Waals surface area (Å²) in [6.07, 6.45) is 2.65. The minimum absolute atomic E-state index is 0.377. The van der Waals surface area contributed by atoms with Crippen LogP contribution in [0, 0.1) is 5.92 Å². The molecule has 2 aromatic rings. The van der Waals surface area contributed by atoms with E-state index in [-0.39, 0.29) is 0 Å². The monoisotopic (exact) mass is 275 g/mol. The molecule has 19 heavy (non-hydrogen) atoms. The summed E-state index contributed by atoms with van der Waals surface area (Å²) in [6, 6.07) is 9.21. The highest BCUT2D eigenvalue weighted by molar-refractivity contribution is 7.17. The quantitative estimate of drug-likeness (QED) is 0.922. The van der Waals surface area contributed by atoms with E-state index in [0.29, 0.717) is 18.1 Å². The number of likely N-dealkylation sites (N-methyl/N-ethyl adjacent to an activating group) is 1. The van der Waals surface area contributed by atoms with Crippen molar-refractivity contribution in [2.45, 2.75) is 31.9 Å². The molecule has 0 bridgehead atoms. The van der Waals surface area contributed by atoms with Crippen LogP contribution in [0.5, 0.6) is 0 Å².